The number of amides is 2. The van der Waals surface area contributed by atoms with Crippen LogP contribution in [0.4, 0.5) is 22.1 Å². The summed E-state index contributed by atoms with van der Waals surface area (Å²) in [6, 6.07) is 5.06. The predicted octanol–water partition coefficient (Wildman–Crippen LogP) is 2.35. The first kappa shape index (κ1) is 20.8. The van der Waals surface area contributed by atoms with Gasteiger partial charge < -0.3 is 20.5 Å². The molecule has 0 aromatic carbocycles. The van der Waals surface area contributed by atoms with E-state index in [4.69, 9.17) is 15.2 Å². The Hall–Kier alpha value is -3.89. The lowest BCUT2D eigenvalue weighted by molar-refractivity contribution is 0.0587. The fourth-order valence-corrected chi connectivity index (χ4v) is 2.63. The number of hydrogen-bond acceptors (Lipinski definition) is 8. The minimum absolute atomic E-state index is 0.107. The highest BCUT2D eigenvalue weighted by molar-refractivity contribution is 5.99. The second kappa shape index (κ2) is 7.85. The first-order chi connectivity index (χ1) is 14.1. The van der Waals surface area contributed by atoms with Crippen molar-refractivity contribution in [1.82, 2.24) is 19.6 Å². The molecule has 0 aliphatic carbocycles. The van der Waals surface area contributed by atoms with Gasteiger partial charge in [0.05, 0.1) is 13.3 Å². The third-order valence-electron chi connectivity index (χ3n) is 3.96. The predicted molar refractivity (Wildman–Crippen MR) is 110 cm³/mol. The van der Waals surface area contributed by atoms with Crippen molar-refractivity contribution in [2.45, 2.75) is 26.4 Å². The summed E-state index contributed by atoms with van der Waals surface area (Å²) in [6.07, 6.45) is 2.28. The maximum absolute atomic E-state index is 12.6. The Balaban J connectivity index is 2.11. The zero-order valence-corrected chi connectivity index (χ0v) is 17.3. The summed E-state index contributed by atoms with van der Waals surface area (Å²) in [5.41, 5.74) is 5.60. The number of nitrogens with two attached hydrogens (primary N) is 1. The molecule has 0 saturated carbocycles. The third kappa shape index (κ3) is 4.24. The number of fused-ring (bicyclic) bond motifs is 1. The summed E-state index contributed by atoms with van der Waals surface area (Å²) in [4.78, 5) is 34.3. The zero-order chi connectivity index (χ0) is 22.1. The molecule has 3 heterocycles. The van der Waals surface area contributed by atoms with Gasteiger partial charge in [0.25, 0.3) is 5.91 Å². The lowest BCUT2D eigenvalue weighted by Gasteiger charge is -2.25. The highest BCUT2D eigenvalue weighted by Gasteiger charge is 2.25. The Morgan fingerprint density at radius 2 is 2.03 bits per heavy atom. The molecule has 0 aliphatic rings. The van der Waals surface area contributed by atoms with Crippen LogP contribution in [-0.4, -0.2) is 51.3 Å². The van der Waals surface area contributed by atoms with Gasteiger partial charge in [0.1, 0.15) is 28.5 Å². The van der Waals surface area contributed by atoms with Crippen molar-refractivity contribution in [1.29, 1.82) is 0 Å². The first-order valence-electron chi connectivity index (χ1n) is 9.02. The molecule has 0 unspecified atom stereocenters. The van der Waals surface area contributed by atoms with Gasteiger partial charge in [-0.25, -0.2) is 14.8 Å². The fourth-order valence-electron chi connectivity index (χ4n) is 2.63. The van der Waals surface area contributed by atoms with Crippen molar-refractivity contribution >= 4 is 35.0 Å². The van der Waals surface area contributed by atoms with E-state index in [0.29, 0.717) is 23.2 Å². The molecular formula is C19H23N7O4. The van der Waals surface area contributed by atoms with Crippen LogP contribution in [0.5, 0.6) is 5.88 Å². The molecule has 0 atom stereocenters. The Morgan fingerprint density at radius 3 is 2.67 bits per heavy atom. The van der Waals surface area contributed by atoms with Gasteiger partial charge in [-0.15, -0.1) is 0 Å². The fraction of sp³-hybridized carbons (Fsp3) is 0.316. The van der Waals surface area contributed by atoms with Gasteiger partial charge in [-0.05, 0) is 32.9 Å². The van der Waals surface area contributed by atoms with Gasteiger partial charge in [-0.3, -0.25) is 9.69 Å². The average molecular weight is 413 g/mol. The molecule has 0 saturated heterocycles. The zero-order valence-electron chi connectivity index (χ0n) is 17.3. The van der Waals surface area contributed by atoms with Crippen LogP contribution in [-0.2, 0) is 4.74 Å². The van der Waals surface area contributed by atoms with Crippen molar-refractivity contribution in [3.8, 4) is 5.88 Å². The largest absolute Gasteiger partial charge is 0.480 e. The summed E-state index contributed by atoms with van der Waals surface area (Å²) >= 11 is 0. The van der Waals surface area contributed by atoms with Gasteiger partial charge >= 0.3 is 6.09 Å². The molecule has 3 rings (SSSR count). The maximum Gasteiger partial charge on any atom is 0.415 e. The topological polar surface area (TPSA) is 137 Å². The number of aromatic nitrogens is 4. The number of primary amides is 1. The van der Waals surface area contributed by atoms with Crippen LogP contribution in [0, 0.1) is 0 Å². The number of nitrogens with one attached hydrogen (secondary N) is 1. The summed E-state index contributed by atoms with van der Waals surface area (Å²) in [5.74, 6) is 0.290. The summed E-state index contributed by atoms with van der Waals surface area (Å²) in [6.45, 7) is 5.30. The second-order valence-electron chi connectivity index (χ2n) is 7.38. The monoisotopic (exact) mass is 413 g/mol. The van der Waals surface area contributed by atoms with Crippen molar-refractivity contribution in [2.75, 3.05) is 24.4 Å². The SMILES string of the molecule is COc1ncccc1Nc1cc(N(C)C(=O)OC(C)(C)C)n2ncc(C(N)=O)c2n1. The number of rotatable bonds is 5. The van der Waals surface area contributed by atoms with Crippen molar-refractivity contribution < 1.29 is 19.1 Å². The Bertz CT molecular complexity index is 1100. The van der Waals surface area contributed by atoms with Crippen molar-refractivity contribution in [3.63, 3.8) is 0 Å². The molecule has 11 heteroatoms. The Labute approximate surface area is 172 Å². The first-order valence-corrected chi connectivity index (χ1v) is 9.02. The quantitative estimate of drug-likeness (QED) is 0.650. The number of carbonyl (C=O) groups is 2. The molecule has 0 fully saturated rings. The molecule has 2 amide bonds. The van der Waals surface area contributed by atoms with E-state index in [9.17, 15) is 9.59 Å². The highest BCUT2D eigenvalue weighted by Crippen LogP contribution is 2.28. The molecule has 3 aromatic heterocycles. The Kier molecular flexibility index (Phi) is 5.45. The standard InChI is InChI=1S/C19H23N7O4/c1-19(2,3)30-18(28)25(4)14-9-13(23-12-7-6-8-21-17(12)29-5)24-16-11(15(20)27)10-22-26(14)16/h6-10H,1-5H3,(H2,20,27)(H,23,24). The molecule has 0 aliphatic heterocycles. The van der Waals surface area contributed by atoms with Gasteiger partial charge in [-0.1, -0.05) is 0 Å². The average Bonchev–Trinajstić information content (AvgIpc) is 3.10. The van der Waals surface area contributed by atoms with Crippen LogP contribution >= 0.6 is 0 Å². The van der Waals surface area contributed by atoms with Crippen LogP contribution in [0.1, 0.15) is 31.1 Å². The summed E-state index contributed by atoms with van der Waals surface area (Å²) in [7, 11) is 3.02. The highest BCUT2D eigenvalue weighted by atomic mass is 16.6. The van der Waals surface area contributed by atoms with Crippen LogP contribution in [0.25, 0.3) is 5.65 Å². The molecule has 3 N–H and O–H groups in total. The summed E-state index contributed by atoms with van der Waals surface area (Å²) in [5, 5.41) is 7.24. The number of hydrogen-bond donors (Lipinski definition) is 2. The van der Waals surface area contributed by atoms with E-state index in [-0.39, 0.29) is 11.2 Å². The minimum atomic E-state index is -0.695. The van der Waals surface area contributed by atoms with E-state index in [1.165, 1.54) is 29.8 Å². The number of methoxy groups -OCH3 is 1. The number of anilines is 3. The van der Waals surface area contributed by atoms with Gasteiger partial charge in [0.2, 0.25) is 5.88 Å². The van der Waals surface area contributed by atoms with E-state index in [0.717, 1.165) is 0 Å². The number of carbonyl (C=O) groups excluding carboxylic acids is 2. The van der Waals surface area contributed by atoms with E-state index in [1.54, 1.807) is 45.2 Å². The van der Waals surface area contributed by atoms with Gasteiger partial charge in [-0.2, -0.15) is 9.61 Å². The van der Waals surface area contributed by atoms with Crippen LogP contribution in [0.15, 0.2) is 30.6 Å². The minimum Gasteiger partial charge on any atom is -0.480 e. The molecule has 0 radical (unpaired) electrons. The number of nitrogens with zero attached hydrogens (tertiary/aromatic N) is 5. The van der Waals surface area contributed by atoms with Crippen LogP contribution < -0.4 is 20.7 Å². The molecule has 158 valence electrons. The second-order valence-corrected chi connectivity index (χ2v) is 7.38. The molecular weight excluding hydrogens is 390 g/mol. The maximum atomic E-state index is 12.6. The lowest BCUT2D eigenvalue weighted by atomic mass is 10.2. The van der Waals surface area contributed by atoms with Gasteiger partial charge in [0.15, 0.2) is 5.65 Å². The van der Waals surface area contributed by atoms with Crippen LogP contribution in [0.2, 0.25) is 0 Å². The smallest absolute Gasteiger partial charge is 0.415 e. The molecule has 0 bridgehead atoms. The molecule has 3 aromatic rings. The van der Waals surface area contributed by atoms with Crippen LogP contribution in [0.3, 0.4) is 0 Å². The summed E-state index contributed by atoms with van der Waals surface area (Å²) < 4.78 is 12.0. The van der Waals surface area contributed by atoms with E-state index < -0.39 is 17.6 Å². The van der Waals surface area contributed by atoms with E-state index >= 15 is 0 Å². The number of pyridine rings is 1. The lowest BCUT2D eigenvalue weighted by Crippen LogP contribution is -2.35. The van der Waals surface area contributed by atoms with Crippen molar-refractivity contribution in [3.05, 3.63) is 36.2 Å². The molecule has 30 heavy (non-hydrogen) atoms. The third-order valence-corrected chi connectivity index (χ3v) is 3.96. The number of ether oxygens (including phenoxy) is 2. The van der Waals surface area contributed by atoms with Crippen molar-refractivity contribution in [2.24, 2.45) is 5.73 Å². The van der Waals surface area contributed by atoms with E-state index in [1.807, 2.05) is 0 Å². The molecule has 0 spiro atoms. The Morgan fingerprint density at radius 1 is 1.30 bits per heavy atom. The normalized spacial score (nSPS) is 11.2. The van der Waals surface area contributed by atoms with E-state index in [2.05, 4.69) is 20.4 Å². The molecule has 11 nitrogen and oxygen atoms in total. The van der Waals surface area contributed by atoms with Gasteiger partial charge in [0, 0.05) is 19.3 Å².